The lowest BCUT2D eigenvalue weighted by Gasteiger charge is -2.12. The Labute approximate surface area is 132 Å². The highest BCUT2D eigenvalue weighted by Gasteiger charge is 2.08. The number of carbonyl (C=O) groups excluding carboxylic acids is 1. The Bertz CT molecular complexity index is 616. The summed E-state index contributed by atoms with van der Waals surface area (Å²) in [5, 5.41) is 2.78. The first-order valence-corrected chi connectivity index (χ1v) is 7.39. The van der Waals surface area contributed by atoms with Crippen LogP contribution in [0.25, 0.3) is 0 Å². The monoisotopic (exact) mass is 349 g/mol. The predicted octanol–water partition coefficient (Wildman–Crippen LogP) is 3.87. The molecule has 0 fully saturated rings. The zero-order chi connectivity index (χ0) is 15.1. The van der Waals surface area contributed by atoms with Crippen molar-refractivity contribution in [1.82, 2.24) is 0 Å². The van der Waals surface area contributed by atoms with Crippen molar-refractivity contribution < 1.29 is 14.3 Å². The minimum Gasteiger partial charge on any atom is -0.490 e. The standard InChI is InChI=1S/C16H16BrNO3/c1-2-20-14-9-5-6-10-15(14)21-11-16(19)18-13-8-4-3-7-12(13)17/h3-10H,2,11H2,1H3,(H,18,19). The summed E-state index contributed by atoms with van der Waals surface area (Å²) in [7, 11) is 0. The highest BCUT2D eigenvalue weighted by molar-refractivity contribution is 9.10. The Morgan fingerprint density at radius 3 is 2.33 bits per heavy atom. The first kappa shape index (κ1) is 15.4. The second kappa shape index (κ2) is 7.69. The highest BCUT2D eigenvalue weighted by Crippen LogP contribution is 2.26. The quantitative estimate of drug-likeness (QED) is 0.861. The van der Waals surface area contributed by atoms with Gasteiger partial charge in [0.2, 0.25) is 0 Å². The summed E-state index contributed by atoms with van der Waals surface area (Å²) >= 11 is 3.38. The van der Waals surface area contributed by atoms with Crippen molar-refractivity contribution in [3.05, 3.63) is 53.0 Å². The SMILES string of the molecule is CCOc1ccccc1OCC(=O)Nc1ccccc1Br. The topological polar surface area (TPSA) is 47.6 Å². The molecule has 2 aromatic carbocycles. The van der Waals surface area contributed by atoms with Crippen molar-refractivity contribution in [2.24, 2.45) is 0 Å². The number of ether oxygens (including phenoxy) is 2. The van der Waals surface area contributed by atoms with E-state index in [1.54, 1.807) is 6.07 Å². The molecule has 0 heterocycles. The third-order valence-corrected chi connectivity index (χ3v) is 3.35. The van der Waals surface area contributed by atoms with Crippen molar-refractivity contribution >= 4 is 27.5 Å². The minimum atomic E-state index is -0.229. The smallest absolute Gasteiger partial charge is 0.262 e. The van der Waals surface area contributed by atoms with Crippen LogP contribution in [-0.4, -0.2) is 19.1 Å². The second-order valence-corrected chi connectivity index (χ2v) is 5.05. The van der Waals surface area contributed by atoms with E-state index in [9.17, 15) is 4.79 Å². The Morgan fingerprint density at radius 2 is 1.67 bits per heavy atom. The summed E-state index contributed by atoms with van der Waals surface area (Å²) in [4.78, 5) is 11.9. The zero-order valence-corrected chi connectivity index (χ0v) is 13.2. The van der Waals surface area contributed by atoms with Crippen LogP contribution in [0.5, 0.6) is 11.5 Å². The highest BCUT2D eigenvalue weighted by atomic mass is 79.9. The van der Waals surface area contributed by atoms with Gasteiger partial charge in [-0.25, -0.2) is 0 Å². The normalized spacial score (nSPS) is 10.0. The maximum absolute atomic E-state index is 11.9. The van der Waals surface area contributed by atoms with E-state index in [1.165, 1.54) is 0 Å². The van der Waals surface area contributed by atoms with Crippen LogP contribution in [0, 0.1) is 0 Å². The number of halogens is 1. The molecule has 0 aliphatic heterocycles. The Kier molecular flexibility index (Phi) is 5.63. The number of para-hydroxylation sites is 3. The zero-order valence-electron chi connectivity index (χ0n) is 11.6. The third-order valence-electron chi connectivity index (χ3n) is 2.66. The van der Waals surface area contributed by atoms with E-state index in [0.29, 0.717) is 23.8 Å². The van der Waals surface area contributed by atoms with E-state index >= 15 is 0 Å². The van der Waals surface area contributed by atoms with Crippen molar-refractivity contribution in [1.29, 1.82) is 0 Å². The van der Waals surface area contributed by atoms with Crippen LogP contribution in [0.2, 0.25) is 0 Å². The van der Waals surface area contributed by atoms with Crippen LogP contribution in [0.3, 0.4) is 0 Å². The van der Waals surface area contributed by atoms with E-state index in [1.807, 2.05) is 49.4 Å². The van der Waals surface area contributed by atoms with Crippen LogP contribution in [0.15, 0.2) is 53.0 Å². The van der Waals surface area contributed by atoms with Gasteiger partial charge in [-0.3, -0.25) is 4.79 Å². The third kappa shape index (κ3) is 4.49. The van der Waals surface area contributed by atoms with Gasteiger partial charge in [0, 0.05) is 4.47 Å². The van der Waals surface area contributed by atoms with Crippen molar-refractivity contribution in [2.75, 3.05) is 18.5 Å². The van der Waals surface area contributed by atoms with Gasteiger partial charge in [0.1, 0.15) is 0 Å². The van der Waals surface area contributed by atoms with Gasteiger partial charge in [0.05, 0.1) is 12.3 Å². The second-order valence-electron chi connectivity index (χ2n) is 4.20. The summed E-state index contributed by atoms with van der Waals surface area (Å²) in [6.45, 7) is 2.37. The van der Waals surface area contributed by atoms with E-state index in [4.69, 9.17) is 9.47 Å². The van der Waals surface area contributed by atoms with Crippen molar-refractivity contribution in [3.8, 4) is 11.5 Å². The number of benzene rings is 2. The van der Waals surface area contributed by atoms with Gasteiger partial charge in [-0.15, -0.1) is 0 Å². The molecule has 1 amide bonds. The number of hydrogen-bond acceptors (Lipinski definition) is 3. The molecule has 2 aromatic rings. The lowest BCUT2D eigenvalue weighted by Crippen LogP contribution is -2.20. The van der Waals surface area contributed by atoms with Gasteiger partial charge in [-0.1, -0.05) is 24.3 Å². The lowest BCUT2D eigenvalue weighted by atomic mass is 10.3. The molecule has 0 bridgehead atoms. The van der Waals surface area contributed by atoms with Gasteiger partial charge < -0.3 is 14.8 Å². The molecule has 0 saturated carbocycles. The number of anilines is 1. The molecule has 0 aromatic heterocycles. The number of nitrogens with one attached hydrogen (secondary N) is 1. The Balaban J connectivity index is 1.94. The van der Waals surface area contributed by atoms with E-state index in [2.05, 4.69) is 21.2 Å². The van der Waals surface area contributed by atoms with Gasteiger partial charge in [-0.05, 0) is 47.1 Å². The Hall–Kier alpha value is -2.01. The maximum Gasteiger partial charge on any atom is 0.262 e. The van der Waals surface area contributed by atoms with Gasteiger partial charge in [-0.2, -0.15) is 0 Å². The summed E-state index contributed by atoms with van der Waals surface area (Å²) in [6, 6.07) is 14.7. The molecule has 110 valence electrons. The average Bonchev–Trinajstić information content (AvgIpc) is 2.49. The van der Waals surface area contributed by atoms with E-state index in [-0.39, 0.29) is 12.5 Å². The minimum absolute atomic E-state index is 0.0780. The lowest BCUT2D eigenvalue weighted by molar-refractivity contribution is -0.118. The van der Waals surface area contributed by atoms with Crippen LogP contribution in [-0.2, 0) is 4.79 Å². The van der Waals surface area contributed by atoms with Gasteiger partial charge in [0.15, 0.2) is 18.1 Å². The molecule has 1 N–H and O–H groups in total. The summed E-state index contributed by atoms with van der Waals surface area (Å²) in [5.74, 6) is 0.962. The molecular weight excluding hydrogens is 334 g/mol. The number of carbonyl (C=O) groups is 1. The fourth-order valence-electron chi connectivity index (χ4n) is 1.74. The molecule has 5 heteroatoms. The van der Waals surface area contributed by atoms with Crippen molar-refractivity contribution in [3.63, 3.8) is 0 Å². The molecular formula is C16H16BrNO3. The predicted molar refractivity (Wildman–Crippen MR) is 85.9 cm³/mol. The molecule has 4 nitrogen and oxygen atoms in total. The molecule has 0 radical (unpaired) electrons. The first-order valence-electron chi connectivity index (χ1n) is 6.59. The van der Waals surface area contributed by atoms with Crippen LogP contribution in [0.1, 0.15) is 6.92 Å². The fourth-order valence-corrected chi connectivity index (χ4v) is 2.12. The molecule has 21 heavy (non-hydrogen) atoms. The van der Waals surface area contributed by atoms with Crippen LogP contribution < -0.4 is 14.8 Å². The molecule has 0 aliphatic carbocycles. The molecule has 0 spiro atoms. The molecule has 0 unspecified atom stereocenters. The van der Waals surface area contributed by atoms with E-state index in [0.717, 1.165) is 4.47 Å². The molecule has 0 saturated heterocycles. The maximum atomic E-state index is 11.9. The van der Waals surface area contributed by atoms with Crippen molar-refractivity contribution in [2.45, 2.75) is 6.92 Å². The molecule has 2 rings (SSSR count). The fraction of sp³-hybridized carbons (Fsp3) is 0.188. The van der Waals surface area contributed by atoms with Gasteiger partial charge in [0.25, 0.3) is 5.91 Å². The number of rotatable bonds is 6. The van der Waals surface area contributed by atoms with Crippen LogP contribution in [0.4, 0.5) is 5.69 Å². The average molecular weight is 350 g/mol. The largest absolute Gasteiger partial charge is 0.490 e. The molecule has 0 atom stereocenters. The molecule has 0 aliphatic rings. The van der Waals surface area contributed by atoms with Gasteiger partial charge >= 0.3 is 0 Å². The Morgan fingerprint density at radius 1 is 1.05 bits per heavy atom. The van der Waals surface area contributed by atoms with E-state index < -0.39 is 0 Å². The summed E-state index contributed by atoms with van der Waals surface area (Å²) in [5.41, 5.74) is 0.712. The number of hydrogen-bond donors (Lipinski definition) is 1. The summed E-state index contributed by atoms with van der Waals surface area (Å²) < 4.78 is 11.8. The van der Waals surface area contributed by atoms with Crippen LogP contribution >= 0.6 is 15.9 Å². The first-order chi connectivity index (χ1) is 10.2. The summed E-state index contributed by atoms with van der Waals surface area (Å²) in [6.07, 6.45) is 0. The number of amides is 1.